The molecule has 5 rings (SSSR count). The first-order chi connectivity index (χ1) is 17.3. The van der Waals surface area contributed by atoms with Crippen molar-refractivity contribution in [3.05, 3.63) is 65.9 Å². The smallest absolute Gasteiger partial charge is 0.246 e. The fourth-order valence-corrected chi connectivity index (χ4v) is 6.82. The molecule has 36 heavy (non-hydrogen) atoms. The predicted octanol–water partition coefficient (Wildman–Crippen LogP) is 3.88. The SMILES string of the molecule is Cc1cnc(N2CCC(Oc3ccc(F)cc3)CC2)c(S(=O)(=O)N2CCCC(c3ccn(C)n3)C2)c1. The van der Waals surface area contributed by atoms with Crippen LogP contribution >= 0.6 is 0 Å². The molecule has 2 saturated heterocycles. The zero-order chi connectivity index (χ0) is 25.3. The van der Waals surface area contributed by atoms with Gasteiger partial charge in [0.05, 0.1) is 5.69 Å². The molecule has 0 amide bonds. The van der Waals surface area contributed by atoms with Crippen LogP contribution in [0.15, 0.2) is 53.7 Å². The van der Waals surface area contributed by atoms with Gasteiger partial charge in [0.25, 0.3) is 0 Å². The molecular formula is C26H32FN5O3S. The first kappa shape index (κ1) is 24.7. The number of aromatic nitrogens is 3. The van der Waals surface area contributed by atoms with E-state index in [9.17, 15) is 12.8 Å². The first-order valence-corrected chi connectivity index (χ1v) is 13.9. The number of hydrogen-bond acceptors (Lipinski definition) is 6. The van der Waals surface area contributed by atoms with E-state index < -0.39 is 10.0 Å². The number of anilines is 1. The van der Waals surface area contributed by atoms with Crippen molar-refractivity contribution in [1.82, 2.24) is 19.1 Å². The zero-order valence-electron chi connectivity index (χ0n) is 20.7. The Morgan fingerprint density at radius 3 is 2.50 bits per heavy atom. The Balaban J connectivity index is 1.32. The van der Waals surface area contributed by atoms with Gasteiger partial charge in [0.2, 0.25) is 10.0 Å². The molecule has 2 fully saturated rings. The van der Waals surface area contributed by atoms with E-state index in [1.807, 2.05) is 31.1 Å². The van der Waals surface area contributed by atoms with Gasteiger partial charge in [0.15, 0.2) is 0 Å². The average Bonchev–Trinajstić information content (AvgIpc) is 3.32. The van der Waals surface area contributed by atoms with Crippen molar-refractivity contribution in [1.29, 1.82) is 0 Å². The van der Waals surface area contributed by atoms with Crippen molar-refractivity contribution in [2.24, 2.45) is 7.05 Å². The summed E-state index contributed by atoms with van der Waals surface area (Å²) in [5, 5.41) is 4.51. The Morgan fingerprint density at radius 1 is 1.06 bits per heavy atom. The summed E-state index contributed by atoms with van der Waals surface area (Å²) in [6, 6.07) is 9.74. The van der Waals surface area contributed by atoms with Gasteiger partial charge >= 0.3 is 0 Å². The Bertz CT molecular complexity index is 1300. The van der Waals surface area contributed by atoms with Crippen molar-refractivity contribution in [3.8, 4) is 5.75 Å². The highest BCUT2D eigenvalue weighted by Crippen LogP contribution is 2.34. The lowest BCUT2D eigenvalue weighted by Gasteiger charge is -2.35. The summed E-state index contributed by atoms with van der Waals surface area (Å²) >= 11 is 0. The van der Waals surface area contributed by atoms with Crippen LogP contribution in [-0.2, 0) is 17.1 Å². The third-order valence-corrected chi connectivity index (χ3v) is 8.85. The molecule has 0 bridgehead atoms. The maximum Gasteiger partial charge on any atom is 0.246 e. The molecule has 0 aliphatic carbocycles. The second-order valence-electron chi connectivity index (χ2n) is 9.71. The molecule has 0 radical (unpaired) electrons. The number of benzene rings is 1. The van der Waals surface area contributed by atoms with Gasteiger partial charge in [-0.2, -0.15) is 9.40 Å². The second kappa shape index (κ2) is 10.2. The molecule has 0 N–H and O–H groups in total. The summed E-state index contributed by atoms with van der Waals surface area (Å²) in [4.78, 5) is 6.89. The summed E-state index contributed by atoms with van der Waals surface area (Å²) in [5.41, 5.74) is 1.74. The van der Waals surface area contributed by atoms with Crippen LogP contribution in [-0.4, -0.2) is 59.8 Å². The third-order valence-electron chi connectivity index (χ3n) is 6.98. The number of halogens is 1. The topological polar surface area (TPSA) is 80.6 Å². The van der Waals surface area contributed by atoms with Gasteiger partial charge in [0.1, 0.15) is 28.4 Å². The normalized spacial score (nSPS) is 20.0. The Hall–Kier alpha value is -2.98. The number of ether oxygens (including phenoxy) is 1. The van der Waals surface area contributed by atoms with Gasteiger partial charge < -0.3 is 9.64 Å². The van der Waals surface area contributed by atoms with Crippen molar-refractivity contribution in [3.63, 3.8) is 0 Å². The number of rotatable bonds is 6. The number of aryl methyl sites for hydroxylation is 2. The van der Waals surface area contributed by atoms with Crippen LogP contribution in [0.3, 0.4) is 0 Å². The molecule has 2 aromatic heterocycles. The van der Waals surface area contributed by atoms with Crippen LogP contribution in [0.4, 0.5) is 10.2 Å². The van der Waals surface area contributed by atoms with Gasteiger partial charge in [-0.15, -0.1) is 0 Å². The van der Waals surface area contributed by atoms with Crippen molar-refractivity contribution in [2.75, 3.05) is 31.1 Å². The molecule has 0 saturated carbocycles. The lowest BCUT2D eigenvalue weighted by Crippen LogP contribution is -2.42. The maximum atomic E-state index is 13.9. The molecule has 0 spiro atoms. The monoisotopic (exact) mass is 513 g/mol. The van der Waals surface area contributed by atoms with Crippen LogP contribution in [0, 0.1) is 12.7 Å². The molecule has 2 aliphatic heterocycles. The molecule has 10 heteroatoms. The minimum Gasteiger partial charge on any atom is -0.490 e. The van der Waals surface area contributed by atoms with E-state index >= 15 is 0 Å². The second-order valence-corrected chi connectivity index (χ2v) is 11.6. The molecule has 1 atom stereocenters. The Morgan fingerprint density at radius 2 is 1.81 bits per heavy atom. The fraction of sp³-hybridized carbons (Fsp3) is 0.462. The summed E-state index contributed by atoms with van der Waals surface area (Å²) in [6.45, 7) is 4.03. The molecular weight excluding hydrogens is 481 g/mol. The average molecular weight is 514 g/mol. The van der Waals surface area contributed by atoms with Crippen LogP contribution < -0.4 is 9.64 Å². The summed E-state index contributed by atoms with van der Waals surface area (Å²) < 4.78 is 50.3. The maximum absolute atomic E-state index is 13.9. The largest absolute Gasteiger partial charge is 0.490 e. The zero-order valence-corrected chi connectivity index (χ0v) is 21.5. The molecule has 1 unspecified atom stereocenters. The van der Waals surface area contributed by atoms with E-state index in [-0.39, 0.29) is 22.7 Å². The number of pyridine rings is 1. The lowest BCUT2D eigenvalue weighted by molar-refractivity contribution is 0.170. The van der Waals surface area contributed by atoms with Gasteiger partial charge in [-0.05, 0) is 61.7 Å². The standard InChI is InChI=1S/C26H32FN5O3S/c1-19-16-25(36(33,34)32-12-3-4-20(18-32)24-11-13-30(2)29-24)26(28-17-19)31-14-9-23(10-15-31)35-22-7-5-21(27)6-8-22/h5-8,11,13,16-17,20,23H,3-4,9-10,12,14-15,18H2,1-2H3. The molecule has 1 aromatic carbocycles. The van der Waals surface area contributed by atoms with Crippen LogP contribution in [0.25, 0.3) is 0 Å². The number of sulfonamides is 1. The Kier molecular flexibility index (Phi) is 6.98. The van der Waals surface area contributed by atoms with E-state index in [4.69, 9.17) is 4.74 Å². The molecule has 3 aromatic rings. The van der Waals surface area contributed by atoms with Crippen molar-refractivity contribution < 1.29 is 17.5 Å². The van der Waals surface area contributed by atoms with E-state index in [0.717, 1.165) is 36.9 Å². The molecule has 8 nitrogen and oxygen atoms in total. The molecule has 2 aliphatic rings. The highest BCUT2D eigenvalue weighted by Gasteiger charge is 2.35. The van der Waals surface area contributed by atoms with Gasteiger partial charge in [-0.25, -0.2) is 17.8 Å². The van der Waals surface area contributed by atoms with E-state index in [1.165, 1.54) is 12.1 Å². The van der Waals surface area contributed by atoms with E-state index in [0.29, 0.717) is 37.7 Å². The minimum absolute atomic E-state index is 0.0153. The van der Waals surface area contributed by atoms with E-state index in [2.05, 4.69) is 10.1 Å². The summed E-state index contributed by atoms with van der Waals surface area (Å²) in [6.07, 6.45) is 6.76. The van der Waals surface area contributed by atoms with Crippen LogP contribution in [0.2, 0.25) is 0 Å². The third kappa shape index (κ3) is 5.24. The quantitative estimate of drug-likeness (QED) is 0.498. The first-order valence-electron chi connectivity index (χ1n) is 12.4. The fourth-order valence-electron chi connectivity index (χ4n) is 5.05. The predicted molar refractivity (Wildman–Crippen MR) is 135 cm³/mol. The van der Waals surface area contributed by atoms with Crippen molar-refractivity contribution >= 4 is 15.8 Å². The minimum atomic E-state index is -3.74. The molecule has 192 valence electrons. The number of piperidine rings is 2. The van der Waals surface area contributed by atoms with Gasteiger partial charge in [-0.3, -0.25) is 4.68 Å². The Labute approximate surface area is 211 Å². The lowest BCUT2D eigenvalue weighted by atomic mass is 9.96. The number of nitrogens with zero attached hydrogens (tertiary/aromatic N) is 5. The van der Waals surface area contributed by atoms with E-state index in [1.54, 1.807) is 33.4 Å². The summed E-state index contributed by atoms with van der Waals surface area (Å²) in [5.74, 6) is 0.923. The molecule has 4 heterocycles. The van der Waals surface area contributed by atoms with Crippen molar-refractivity contribution in [2.45, 2.75) is 49.5 Å². The number of hydrogen-bond donors (Lipinski definition) is 0. The summed E-state index contributed by atoms with van der Waals surface area (Å²) in [7, 11) is -1.86. The highest BCUT2D eigenvalue weighted by atomic mass is 32.2. The van der Waals surface area contributed by atoms with Crippen LogP contribution in [0.5, 0.6) is 5.75 Å². The van der Waals surface area contributed by atoms with Crippen LogP contribution in [0.1, 0.15) is 42.9 Å². The highest BCUT2D eigenvalue weighted by molar-refractivity contribution is 7.89. The van der Waals surface area contributed by atoms with Gasteiger partial charge in [-0.1, -0.05) is 0 Å². The van der Waals surface area contributed by atoms with Gasteiger partial charge in [0, 0.05) is 64.4 Å².